The summed E-state index contributed by atoms with van der Waals surface area (Å²) in [7, 11) is 0. The van der Waals surface area contributed by atoms with Crippen LogP contribution < -0.4 is 48.6 Å². The molecule has 9 aromatic rings. The lowest BCUT2D eigenvalue weighted by atomic mass is 9.99. The van der Waals surface area contributed by atoms with Gasteiger partial charge in [0.2, 0.25) is 5.91 Å². The Bertz CT molecular complexity index is 4860. The number of likely N-dealkylation sites (tertiary alicyclic amines) is 3. The monoisotopic (exact) mass is 1470 g/mol. The first-order valence-corrected chi connectivity index (χ1v) is 33.9. The summed E-state index contributed by atoms with van der Waals surface area (Å²) in [5, 5.41) is 23.9. The topological polar surface area (TPSA) is 356 Å². The number of carbonyl (C=O) groups is 5. The molecule has 3 fully saturated rings. The highest BCUT2D eigenvalue weighted by Crippen LogP contribution is 2.40. The van der Waals surface area contributed by atoms with E-state index in [9.17, 15) is 42.4 Å². The van der Waals surface area contributed by atoms with Crippen LogP contribution in [0.5, 0.6) is 34.5 Å². The molecule has 3 aliphatic heterocycles. The number of benzene rings is 6. The summed E-state index contributed by atoms with van der Waals surface area (Å²) < 4.78 is 63.0. The van der Waals surface area contributed by atoms with Gasteiger partial charge in [0.25, 0.3) is 23.6 Å². The number of nitriles is 1. The number of piperidine rings is 3. The largest absolute Gasteiger partial charge is 0.456 e. The highest BCUT2D eigenvalue weighted by molar-refractivity contribution is 6.32. The summed E-state index contributed by atoms with van der Waals surface area (Å²) in [6.07, 6.45) is 7.97. The lowest BCUT2D eigenvalue weighted by Crippen LogP contribution is -2.46. The molecule has 3 saturated heterocycles. The Hall–Kier alpha value is -11.7. The number of nitrogens with zero attached hydrogens (tertiary/aromatic N) is 10. The molecule has 0 saturated carbocycles. The van der Waals surface area contributed by atoms with Crippen LogP contribution in [0.4, 0.5) is 30.6 Å². The van der Waals surface area contributed by atoms with Gasteiger partial charge in [-0.05, 0) is 206 Å². The predicted molar refractivity (Wildman–Crippen MR) is 389 cm³/mol. The van der Waals surface area contributed by atoms with Gasteiger partial charge in [-0.25, -0.2) is 27.2 Å². The lowest BCUT2D eigenvalue weighted by molar-refractivity contribution is -0.130. The van der Waals surface area contributed by atoms with Crippen molar-refractivity contribution in [1.29, 1.82) is 5.26 Å². The van der Waals surface area contributed by atoms with Gasteiger partial charge >= 0.3 is 0 Å². The van der Waals surface area contributed by atoms with Crippen molar-refractivity contribution in [2.45, 2.75) is 102 Å². The number of rotatable bonds is 16. The standard InChI is InChI=1S/C26H25ClFN5O3.C25H25ClFN5O3.C23H22ClFN6O2/c1-3-4-22(34)32-14-18(9-5-15(32)2)33-25(29)23(26(30)35)24(31-33)16-6-10-19(11-7-16)36-21-12-8-17(28)13-20(21)27;1-3-21(33)31-13-17(8-4-14(31)2)32-24(28)22(25(29)34)23(30-32)15-5-9-18(10-6-15)35-20-11-7-16(26)12-19(20)27;1-13-2-6-16(11-30(13)12-26)31-22(27)20(23(28)32)21(29-31)14-3-7-17(8-4-14)33-19-9-5-15(24)10-18(19)25/h6-8,10-13,15,18H,5,9,14,29H2,1-2H3,(H2,30,35);3,5-7,9-12,14,17H,1,4,8,13,28H2,2H3,(H2,29,34);3-5,7-10,13,16H,2,6,11,27H2,1H3,(H2,28,32). The number of nitrogen functional groups attached to an aromatic ring is 3. The van der Waals surface area contributed by atoms with Crippen LogP contribution in [0.15, 0.2) is 140 Å². The molecular formula is C74H72Cl3F3N16O8. The van der Waals surface area contributed by atoms with Gasteiger partial charge in [0.1, 0.15) is 80.0 Å². The molecule has 0 bridgehead atoms. The summed E-state index contributed by atoms with van der Waals surface area (Å²) in [6, 6.07) is 31.7. The molecule has 0 spiro atoms. The number of nitrogens with two attached hydrogens (primary N) is 6. The van der Waals surface area contributed by atoms with Crippen molar-refractivity contribution >= 4 is 81.8 Å². The molecule has 12 N–H and O–H groups in total. The molecule has 538 valence electrons. The smallest absolute Gasteiger partial charge is 0.298 e. The van der Waals surface area contributed by atoms with E-state index >= 15 is 0 Å². The summed E-state index contributed by atoms with van der Waals surface area (Å²) in [4.78, 5) is 66.6. The Morgan fingerprint density at radius 2 is 0.885 bits per heavy atom. The van der Waals surface area contributed by atoms with Crippen LogP contribution in [0.25, 0.3) is 33.8 Å². The van der Waals surface area contributed by atoms with E-state index in [1.165, 1.54) is 48.5 Å². The molecule has 3 aliphatic rings. The number of hydrogen-bond donors (Lipinski definition) is 6. The second-order valence-electron chi connectivity index (χ2n) is 24.9. The number of ether oxygens (including phenoxy) is 3. The van der Waals surface area contributed by atoms with Crippen molar-refractivity contribution in [2.24, 2.45) is 17.2 Å². The lowest BCUT2D eigenvalue weighted by Gasteiger charge is -2.37. The molecule has 5 amide bonds. The van der Waals surface area contributed by atoms with E-state index in [-0.39, 0.29) is 109 Å². The third-order valence-electron chi connectivity index (χ3n) is 18.0. The second-order valence-corrected chi connectivity index (χ2v) is 26.2. The van der Waals surface area contributed by atoms with Crippen LogP contribution in [0.3, 0.4) is 0 Å². The summed E-state index contributed by atoms with van der Waals surface area (Å²) in [5.74, 6) is 3.08. The Kier molecular flexibility index (Phi) is 23.5. The number of halogens is 6. The van der Waals surface area contributed by atoms with Crippen molar-refractivity contribution in [2.75, 3.05) is 36.8 Å². The van der Waals surface area contributed by atoms with Gasteiger partial charge in [-0.1, -0.05) is 47.3 Å². The number of amides is 5. The molecule has 30 heteroatoms. The molecule has 6 unspecified atom stereocenters. The average molecular weight is 1480 g/mol. The summed E-state index contributed by atoms with van der Waals surface area (Å²) in [6.45, 7) is 12.3. The van der Waals surface area contributed by atoms with Crippen LogP contribution in [0.2, 0.25) is 15.1 Å². The van der Waals surface area contributed by atoms with Crippen molar-refractivity contribution in [3.8, 4) is 86.3 Å². The van der Waals surface area contributed by atoms with Gasteiger partial charge in [-0.15, -0.1) is 0 Å². The zero-order valence-electron chi connectivity index (χ0n) is 56.7. The number of carbonyl (C=O) groups excluding carboxylic acids is 5. The molecule has 0 aliphatic carbocycles. The fraction of sp³-hybridized carbons (Fsp3) is 0.257. The second kappa shape index (κ2) is 32.6. The van der Waals surface area contributed by atoms with Crippen LogP contribution in [-0.2, 0) is 9.59 Å². The Balaban J connectivity index is 0.000000168. The zero-order chi connectivity index (χ0) is 75.0. The van der Waals surface area contributed by atoms with E-state index in [2.05, 4.69) is 39.9 Å². The molecule has 3 aromatic heterocycles. The van der Waals surface area contributed by atoms with Gasteiger partial charge in [0.05, 0.1) is 29.7 Å². The van der Waals surface area contributed by atoms with E-state index in [1.807, 2.05) is 20.8 Å². The van der Waals surface area contributed by atoms with E-state index in [4.69, 9.17) is 83.4 Å². The van der Waals surface area contributed by atoms with Crippen LogP contribution >= 0.6 is 34.8 Å². The molecule has 6 heterocycles. The maximum atomic E-state index is 14.1. The number of hydrogen-bond acceptors (Lipinski definition) is 16. The van der Waals surface area contributed by atoms with Gasteiger partial charge in [-0.2, -0.15) is 20.6 Å². The first kappa shape index (κ1) is 75.0. The molecule has 0 radical (unpaired) electrons. The van der Waals surface area contributed by atoms with E-state index in [1.54, 1.807) is 108 Å². The first-order chi connectivity index (χ1) is 49.7. The van der Waals surface area contributed by atoms with Crippen LogP contribution in [-0.4, -0.2) is 111 Å². The normalized spacial score (nSPS) is 17.7. The minimum Gasteiger partial charge on any atom is -0.456 e. The van der Waals surface area contributed by atoms with Crippen LogP contribution in [0.1, 0.15) is 115 Å². The van der Waals surface area contributed by atoms with Crippen molar-refractivity contribution < 1.29 is 51.4 Å². The SMILES string of the molecule is C=CC(=O)N1CC(n2nc(-c3ccc(Oc4ccc(Cl)cc4F)cc3)c(C(N)=O)c2N)CCC1C.CC#CC(=O)N1CC(n2nc(-c3ccc(Oc4ccc(F)cc4Cl)cc3)c(C(N)=O)c2N)CCC1C.CC1CCC(n2nc(-c3ccc(Oc4ccc(Cl)cc4F)cc3)c(C(N)=O)c2N)CN1C#N. The number of aromatic nitrogens is 6. The number of primary amides is 3. The minimum atomic E-state index is -0.712. The maximum Gasteiger partial charge on any atom is 0.298 e. The van der Waals surface area contributed by atoms with Crippen molar-refractivity contribution in [1.82, 2.24) is 44.0 Å². The van der Waals surface area contributed by atoms with Crippen molar-refractivity contribution in [3.05, 3.63) is 189 Å². The van der Waals surface area contributed by atoms with E-state index < -0.39 is 35.2 Å². The highest BCUT2D eigenvalue weighted by Gasteiger charge is 2.36. The Labute approximate surface area is 611 Å². The van der Waals surface area contributed by atoms with Gasteiger partial charge in [0.15, 0.2) is 29.3 Å². The van der Waals surface area contributed by atoms with Gasteiger partial charge in [0, 0.05) is 58.0 Å². The Morgan fingerprint density at radius 1 is 0.519 bits per heavy atom. The quantitative estimate of drug-likeness (QED) is 0.0297. The van der Waals surface area contributed by atoms with Gasteiger partial charge in [-0.3, -0.25) is 24.0 Å². The van der Waals surface area contributed by atoms with Crippen LogP contribution in [0, 0.1) is 40.7 Å². The molecule has 6 atom stereocenters. The fourth-order valence-corrected chi connectivity index (χ4v) is 13.0. The van der Waals surface area contributed by atoms with E-state index in [0.717, 1.165) is 50.7 Å². The van der Waals surface area contributed by atoms with E-state index in [0.29, 0.717) is 76.4 Å². The highest BCUT2D eigenvalue weighted by atomic mass is 35.5. The minimum absolute atomic E-state index is 0.0265. The molecule has 12 rings (SSSR count). The molecule has 6 aromatic carbocycles. The van der Waals surface area contributed by atoms with Crippen molar-refractivity contribution in [3.63, 3.8) is 0 Å². The maximum absolute atomic E-state index is 14.1. The molecule has 104 heavy (non-hydrogen) atoms. The zero-order valence-corrected chi connectivity index (χ0v) is 59.0. The molecule has 24 nitrogen and oxygen atoms in total. The van der Waals surface area contributed by atoms with Gasteiger partial charge < -0.3 is 63.3 Å². The molecular weight excluding hydrogens is 1400 g/mol. The average Bonchev–Trinajstić information content (AvgIpc) is 1.63. The summed E-state index contributed by atoms with van der Waals surface area (Å²) >= 11 is 17.6. The Morgan fingerprint density at radius 3 is 1.25 bits per heavy atom. The predicted octanol–water partition coefficient (Wildman–Crippen LogP) is 13.3. The first-order valence-electron chi connectivity index (χ1n) is 32.7. The summed E-state index contributed by atoms with van der Waals surface area (Å²) in [5.41, 5.74) is 39.0. The number of anilines is 3. The third-order valence-corrected chi connectivity index (χ3v) is 18.8. The third kappa shape index (κ3) is 16.8. The fourth-order valence-electron chi connectivity index (χ4n) is 12.5.